The average Bonchev–Trinajstić information content (AvgIpc) is 2.59. The van der Waals surface area contributed by atoms with Gasteiger partial charge in [-0.05, 0) is 43.9 Å². The summed E-state index contributed by atoms with van der Waals surface area (Å²) in [5, 5.41) is 18.2. The fraction of sp³-hybridized carbons (Fsp3) is 0.294. The van der Waals surface area contributed by atoms with Crippen LogP contribution in [0.25, 0.3) is 5.69 Å². The first-order valence-electron chi connectivity index (χ1n) is 7.57. The summed E-state index contributed by atoms with van der Waals surface area (Å²) < 4.78 is 2.44. The molecule has 0 aliphatic heterocycles. The largest absolute Gasteiger partial charge is 0.478 e. The second-order valence-electron chi connectivity index (χ2n) is 5.76. The first-order chi connectivity index (χ1) is 11.5. The van der Waals surface area contributed by atoms with E-state index in [-0.39, 0.29) is 16.8 Å². The van der Waals surface area contributed by atoms with Crippen LogP contribution in [-0.2, 0) is 19.9 Å². The van der Waals surface area contributed by atoms with Gasteiger partial charge < -0.3 is 9.67 Å². The molecule has 1 aliphatic carbocycles. The van der Waals surface area contributed by atoms with Gasteiger partial charge in [-0.25, -0.2) is 14.2 Å². The Kier molecular flexibility index (Phi) is 3.81. The van der Waals surface area contributed by atoms with Crippen LogP contribution in [0.3, 0.4) is 0 Å². The highest BCUT2D eigenvalue weighted by atomic mass is 16.4. The van der Waals surface area contributed by atoms with Crippen LogP contribution in [0.5, 0.6) is 0 Å². The Labute approximate surface area is 137 Å². The molecule has 7 heteroatoms. The van der Waals surface area contributed by atoms with Crippen molar-refractivity contribution in [3.8, 4) is 11.8 Å². The van der Waals surface area contributed by atoms with Gasteiger partial charge in [-0.3, -0.25) is 4.79 Å². The molecular weight excluding hydrogens is 310 g/mol. The number of hydrogen-bond donors (Lipinski definition) is 1. The molecular formula is C17H15N3O4. The van der Waals surface area contributed by atoms with Crippen LogP contribution < -0.4 is 11.2 Å². The van der Waals surface area contributed by atoms with Crippen LogP contribution in [-0.4, -0.2) is 20.2 Å². The van der Waals surface area contributed by atoms with Crippen LogP contribution in [0.15, 0.2) is 27.8 Å². The summed E-state index contributed by atoms with van der Waals surface area (Å²) >= 11 is 0. The van der Waals surface area contributed by atoms with Gasteiger partial charge in [-0.1, -0.05) is 0 Å². The number of nitriles is 1. The number of aromatic nitrogens is 2. The summed E-state index contributed by atoms with van der Waals surface area (Å²) in [7, 11) is 1.62. The molecule has 122 valence electrons. The quantitative estimate of drug-likeness (QED) is 0.886. The molecule has 1 N–H and O–H groups in total. The van der Waals surface area contributed by atoms with Crippen LogP contribution in [0.1, 0.15) is 40.0 Å². The smallest absolute Gasteiger partial charge is 0.337 e. The topological polar surface area (TPSA) is 105 Å². The Hall–Kier alpha value is -3.14. The maximum absolute atomic E-state index is 12.8. The zero-order valence-electron chi connectivity index (χ0n) is 13.1. The van der Waals surface area contributed by atoms with Crippen molar-refractivity contribution in [2.75, 3.05) is 0 Å². The fourth-order valence-electron chi connectivity index (χ4n) is 3.15. The van der Waals surface area contributed by atoms with Crippen LogP contribution in [0, 0.1) is 11.3 Å². The molecule has 0 bridgehead atoms. The number of fused-ring (bicyclic) bond motifs is 1. The minimum absolute atomic E-state index is 0.0194. The fourth-order valence-corrected chi connectivity index (χ4v) is 3.15. The summed E-state index contributed by atoms with van der Waals surface area (Å²) in [6, 6.07) is 5.72. The maximum Gasteiger partial charge on any atom is 0.337 e. The lowest BCUT2D eigenvalue weighted by molar-refractivity contribution is 0.0696. The third-order valence-electron chi connectivity index (χ3n) is 4.40. The number of benzene rings is 1. The molecule has 0 unspecified atom stereocenters. The predicted octanol–water partition coefficient (Wildman–Crippen LogP) is 0.985. The molecule has 7 nitrogen and oxygen atoms in total. The number of carboxylic acids is 1. The van der Waals surface area contributed by atoms with Crippen LogP contribution >= 0.6 is 0 Å². The minimum Gasteiger partial charge on any atom is -0.478 e. The van der Waals surface area contributed by atoms with Gasteiger partial charge in [-0.2, -0.15) is 5.26 Å². The van der Waals surface area contributed by atoms with E-state index in [4.69, 9.17) is 5.26 Å². The molecule has 1 heterocycles. The molecule has 0 amide bonds. The van der Waals surface area contributed by atoms with E-state index in [1.54, 1.807) is 13.1 Å². The van der Waals surface area contributed by atoms with Crippen molar-refractivity contribution in [1.29, 1.82) is 5.26 Å². The molecule has 1 aromatic heterocycles. The van der Waals surface area contributed by atoms with E-state index in [1.807, 2.05) is 0 Å². The van der Waals surface area contributed by atoms with E-state index in [1.165, 1.54) is 22.8 Å². The first kappa shape index (κ1) is 15.7. The van der Waals surface area contributed by atoms with Crippen LogP contribution in [0.4, 0.5) is 0 Å². The highest BCUT2D eigenvalue weighted by Crippen LogP contribution is 2.18. The zero-order valence-corrected chi connectivity index (χ0v) is 13.1. The predicted molar refractivity (Wildman–Crippen MR) is 85.6 cm³/mol. The molecule has 0 fully saturated rings. The lowest BCUT2D eigenvalue weighted by Crippen LogP contribution is -2.42. The minimum atomic E-state index is -1.28. The lowest BCUT2D eigenvalue weighted by Gasteiger charge is -2.20. The van der Waals surface area contributed by atoms with Gasteiger partial charge in [0.2, 0.25) is 0 Å². The standard InChI is InChI=1S/C17H15N3O4/c1-19-14-5-3-2-4-12(14)15(21)20(17(19)24)11-7-6-10(9-18)13(8-11)16(22)23/h6-8H,2-5H2,1H3,(H,22,23). The molecule has 0 atom stereocenters. The Morgan fingerprint density at radius 2 is 1.96 bits per heavy atom. The summed E-state index contributed by atoms with van der Waals surface area (Å²) in [5.41, 5.74) is 0.334. The Bertz CT molecular complexity index is 1010. The number of carboxylic acid groups (broad SMARTS) is 1. The van der Waals surface area contributed by atoms with Gasteiger partial charge in [0.15, 0.2) is 0 Å². The Balaban J connectivity index is 2.32. The zero-order chi connectivity index (χ0) is 17.4. The third-order valence-corrected chi connectivity index (χ3v) is 4.40. The average molecular weight is 325 g/mol. The molecule has 0 radical (unpaired) electrons. The molecule has 0 saturated carbocycles. The van der Waals surface area contributed by atoms with E-state index < -0.39 is 17.2 Å². The molecule has 1 aromatic carbocycles. The SMILES string of the molecule is Cn1c2c(c(=O)n(-c3ccc(C#N)c(C(=O)O)c3)c1=O)CCCC2. The van der Waals surface area contributed by atoms with E-state index in [0.717, 1.165) is 23.1 Å². The van der Waals surface area contributed by atoms with Crippen LogP contribution in [0.2, 0.25) is 0 Å². The van der Waals surface area contributed by atoms with Crippen molar-refractivity contribution in [2.24, 2.45) is 7.05 Å². The molecule has 3 rings (SSSR count). The molecule has 2 aromatic rings. The number of hydrogen-bond acceptors (Lipinski definition) is 4. The van der Waals surface area contributed by atoms with Gasteiger partial charge in [0.1, 0.15) is 6.07 Å². The summed E-state index contributed by atoms with van der Waals surface area (Å²) in [6.45, 7) is 0. The van der Waals surface area contributed by atoms with Gasteiger partial charge in [0.25, 0.3) is 5.56 Å². The van der Waals surface area contributed by atoms with Gasteiger partial charge in [0, 0.05) is 18.3 Å². The summed E-state index contributed by atoms with van der Waals surface area (Å²) in [4.78, 5) is 36.7. The highest BCUT2D eigenvalue weighted by Gasteiger charge is 2.21. The Morgan fingerprint density at radius 3 is 2.62 bits per heavy atom. The lowest BCUT2D eigenvalue weighted by atomic mass is 9.96. The third kappa shape index (κ3) is 2.33. The van der Waals surface area contributed by atoms with E-state index in [0.29, 0.717) is 18.4 Å². The van der Waals surface area contributed by atoms with Gasteiger partial charge >= 0.3 is 11.7 Å². The maximum atomic E-state index is 12.8. The number of nitrogens with zero attached hydrogens (tertiary/aromatic N) is 3. The Morgan fingerprint density at radius 1 is 1.25 bits per heavy atom. The normalized spacial score (nSPS) is 13.2. The van der Waals surface area contributed by atoms with Gasteiger partial charge in [0.05, 0.1) is 16.8 Å². The van der Waals surface area contributed by atoms with E-state index in [2.05, 4.69) is 0 Å². The van der Waals surface area contributed by atoms with E-state index in [9.17, 15) is 19.5 Å². The van der Waals surface area contributed by atoms with E-state index >= 15 is 0 Å². The monoisotopic (exact) mass is 325 g/mol. The number of carbonyl (C=O) groups is 1. The van der Waals surface area contributed by atoms with Gasteiger partial charge in [-0.15, -0.1) is 0 Å². The highest BCUT2D eigenvalue weighted by molar-refractivity contribution is 5.91. The summed E-state index contributed by atoms with van der Waals surface area (Å²) in [6.07, 6.45) is 3.10. The van der Waals surface area contributed by atoms with Crippen molar-refractivity contribution in [2.45, 2.75) is 25.7 Å². The van der Waals surface area contributed by atoms with Crippen molar-refractivity contribution < 1.29 is 9.90 Å². The van der Waals surface area contributed by atoms with Crippen molar-refractivity contribution in [3.63, 3.8) is 0 Å². The second kappa shape index (κ2) is 5.81. The van der Waals surface area contributed by atoms with Crippen molar-refractivity contribution in [3.05, 3.63) is 61.4 Å². The van der Waals surface area contributed by atoms with Crippen molar-refractivity contribution >= 4 is 5.97 Å². The molecule has 0 spiro atoms. The molecule has 1 aliphatic rings. The second-order valence-corrected chi connectivity index (χ2v) is 5.76. The number of rotatable bonds is 2. The summed E-state index contributed by atoms with van der Waals surface area (Å²) in [5.74, 6) is -1.28. The number of aromatic carboxylic acids is 1. The molecule has 24 heavy (non-hydrogen) atoms. The first-order valence-corrected chi connectivity index (χ1v) is 7.57. The van der Waals surface area contributed by atoms with Crippen molar-refractivity contribution in [1.82, 2.24) is 9.13 Å². The molecule has 0 saturated heterocycles.